The Labute approximate surface area is 260 Å². The number of rotatable bonds is 7. The summed E-state index contributed by atoms with van der Waals surface area (Å²) in [5, 5.41) is 8.47. The van der Waals surface area contributed by atoms with Gasteiger partial charge in [-0.3, -0.25) is 0 Å². The van der Waals surface area contributed by atoms with Crippen LogP contribution in [0.2, 0.25) is 0 Å². The summed E-state index contributed by atoms with van der Waals surface area (Å²) < 4.78 is 24.4. The number of nitrogens with zero attached hydrogens (tertiary/aromatic N) is 6. The second kappa shape index (κ2) is 11.3. The van der Waals surface area contributed by atoms with Crippen molar-refractivity contribution in [2.24, 2.45) is 9.98 Å². The average Bonchev–Trinajstić information content (AvgIpc) is 3.43. The molecule has 5 aromatic rings. The molecule has 7 rings (SSSR count). The number of para-hydroxylation sites is 2. The van der Waals surface area contributed by atoms with Crippen LogP contribution in [0.3, 0.4) is 0 Å². The fourth-order valence-electron chi connectivity index (χ4n) is 5.82. The van der Waals surface area contributed by atoms with E-state index in [0.29, 0.717) is 40.6 Å². The standard InChI is InChI=1S/C34H31N7O4/c1-20-29-30(21-18-26(43-3)31(45-5)27(19-21)44-4)40-25-11-7-6-10-24(25)37-32(36-22-13-15-23(42-2)16-14-22)34(40)38-33(29)41(39-20)28-12-8-9-17-35-28/h6-19,30H,1-5H3,(H,36,37)/t30-/m0/s1. The van der Waals surface area contributed by atoms with E-state index in [9.17, 15) is 0 Å². The van der Waals surface area contributed by atoms with E-state index in [-0.39, 0.29) is 0 Å². The Hall–Kier alpha value is -5.84. The van der Waals surface area contributed by atoms with Gasteiger partial charge < -0.3 is 29.2 Å². The number of aliphatic imine (C=N–C) groups is 2. The Balaban J connectivity index is 1.50. The summed E-state index contributed by atoms with van der Waals surface area (Å²) in [6.07, 6.45) is 1.74. The highest BCUT2D eigenvalue weighted by Gasteiger charge is 2.42. The molecule has 0 saturated heterocycles. The number of aryl methyl sites for hydroxylation is 1. The summed E-state index contributed by atoms with van der Waals surface area (Å²) in [6, 6.07) is 25.0. The Morgan fingerprint density at radius 1 is 0.778 bits per heavy atom. The molecule has 0 amide bonds. The molecular weight excluding hydrogens is 570 g/mol. The second-order valence-electron chi connectivity index (χ2n) is 10.4. The predicted molar refractivity (Wildman–Crippen MR) is 174 cm³/mol. The summed E-state index contributed by atoms with van der Waals surface area (Å²) in [7, 11) is 6.47. The fourth-order valence-corrected chi connectivity index (χ4v) is 5.82. The summed E-state index contributed by atoms with van der Waals surface area (Å²) in [5.41, 5.74) is 5.14. The number of methoxy groups -OCH3 is 4. The van der Waals surface area contributed by atoms with Crippen LogP contribution in [0.25, 0.3) is 5.82 Å². The van der Waals surface area contributed by atoms with Crippen LogP contribution < -0.4 is 29.2 Å². The van der Waals surface area contributed by atoms with E-state index < -0.39 is 6.04 Å². The van der Waals surface area contributed by atoms with Gasteiger partial charge in [0.25, 0.3) is 0 Å². The lowest BCUT2D eigenvalue weighted by Gasteiger charge is -2.40. The number of ether oxygens (including phenoxy) is 4. The summed E-state index contributed by atoms with van der Waals surface area (Å²) in [6.45, 7) is 1.99. The van der Waals surface area contributed by atoms with E-state index >= 15 is 0 Å². The van der Waals surface area contributed by atoms with Crippen molar-refractivity contribution in [3.63, 3.8) is 0 Å². The maximum Gasteiger partial charge on any atom is 0.203 e. The van der Waals surface area contributed by atoms with Gasteiger partial charge in [0.15, 0.2) is 34.8 Å². The first kappa shape index (κ1) is 28.0. The van der Waals surface area contributed by atoms with E-state index in [1.165, 1.54) is 0 Å². The van der Waals surface area contributed by atoms with Crippen LogP contribution >= 0.6 is 0 Å². The molecule has 0 radical (unpaired) electrons. The summed E-state index contributed by atoms with van der Waals surface area (Å²) >= 11 is 0. The van der Waals surface area contributed by atoms with Gasteiger partial charge in [-0.2, -0.15) is 9.78 Å². The van der Waals surface area contributed by atoms with Gasteiger partial charge in [-0.25, -0.2) is 15.0 Å². The van der Waals surface area contributed by atoms with E-state index in [4.69, 9.17) is 34.0 Å². The van der Waals surface area contributed by atoms with Gasteiger partial charge >= 0.3 is 0 Å². The molecule has 0 saturated carbocycles. The Morgan fingerprint density at radius 3 is 2.18 bits per heavy atom. The highest BCUT2D eigenvalue weighted by atomic mass is 16.5. The van der Waals surface area contributed by atoms with Gasteiger partial charge in [0.05, 0.1) is 51.5 Å². The van der Waals surface area contributed by atoms with Crippen molar-refractivity contribution in [2.45, 2.75) is 13.0 Å². The van der Waals surface area contributed by atoms with Gasteiger partial charge in [0.1, 0.15) is 5.75 Å². The van der Waals surface area contributed by atoms with Crippen molar-refractivity contribution in [2.75, 3.05) is 38.7 Å². The van der Waals surface area contributed by atoms with Crippen LogP contribution in [-0.4, -0.2) is 54.9 Å². The van der Waals surface area contributed by atoms with Crippen molar-refractivity contribution in [1.82, 2.24) is 14.8 Å². The van der Waals surface area contributed by atoms with Crippen molar-refractivity contribution in [3.05, 3.63) is 102 Å². The van der Waals surface area contributed by atoms with E-state index in [1.807, 2.05) is 85.8 Å². The normalized spacial score (nSPS) is 14.8. The van der Waals surface area contributed by atoms with Crippen molar-refractivity contribution in [1.29, 1.82) is 0 Å². The molecular formula is C34H31N7O4. The number of fused-ring (bicyclic) bond motifs is 4. The first-order valence-corrected chi connectivity index (χ1v) is 14.3. The first-order chi connectivity index (χ1) is 22.0. The molecule has 2 aliphatic heterocycles. The lowest BCUT2D eigenvalue weighted by molar-refractivity contribution is 0.323. The number of hydrogen-bond acceptors (Lipinski definition) is 10. The molecule has 2 aromatic heterocycles. The quantitative estimate of drug-likeness (QED) is 0.228. The second-order valence-corrected chi connectivity index (χ2v) is 10.4. The molecule has 0 fully saturated rings. The highest BCUT2D eigenvalue weighted by Crippen LogP contribution is 2.50. The average molecular weight is 602 g/mol. The lowest BCUT2D eigenvalue weighted by Crippen LogP contribution is -2.46. The third-order valence-electron chi connectivity index (χ3n) is 7.86. The van der Waals surface area contributed by atoms with Crippen molar-refractivity contribution >= 4 is 34.6 Å². The molecule has 0 bridgehead atoms. The third kappa shape index (κ3) is 4.69. The number of hydrogen-bond donors (Lipinski definition) is 1. The minimum atomic E-state index is -0.400. The monoisotopic (exact) mass is 601 g/mol. The Morgan fingerprint density at radius 2 is 1.51 bits per heavy atom. The molecule has 0 aliphatic carbocycles. The minimum absolute atomic E-state index is 0.400. The molecule has 226 valence electrons. The van der Waals surface area contributed by atoms with Gasteiger partial charge in [0, 0.05) is 17.4 Å². The van der Waals surface area contributed by atoms with Crippen molar-refractivity contribution in [3.8, 4) is 28.8 Å². The molecule has 0 unspecified atom stereocenters. The molecule has 1 N–H and O–H groups in total. The highest BCUT2D eigenvalue weighted by molar-refractivity contribution is 6.51. The molecule has 4 heterocycles. The van der Waals surface area contributed by atoms with Crippen LogP contribution in [0.5, 0.6) is 23.0 Å². The zero-order valence-corrected chi connectivity index (χ0v) is 25.5. The number of nitrogens with one attached hydrogen (secondary N) is 1. The Bertz CT molecular complexity index is 1930. The molecule has 3 aromatic carbocycles. The van der Waals surface area contributed by atoms with Crippen LogP contribution in [0.1, 0.15) is 22.9 Å². The molecule has 11 nitrogen and oxygen atoms in total. The molecule has 45 heavy (non-hydrogen) atoms. The number of pyridine rings is 1. The van der Waals surface area contributed by atoms with E-state index in [2.05, 4.69) is 15.2 Å². The van der Waals surface area contributed by atoms with Gasteiger partial charge in [-0.05, 0) is 73.2 Å². The van der Waals surface area contributed by atoms with Crippen LogP contribution in [0, 0.1) is 6.92 Å². The van der Waals surface area contributed by atoms with Crippen LogP contribution in [0.4, 0.5) is 22.9 Å². The van der Waals surface area contributed by atoms with Crippen LogP contribution in [0.15, 0.2) is 95.0 Å². The van der Waals surface area contributed by atoms with E-state index in [0.717, 1.165) is 39.6 Å². The van der Waals surface area contributed by atoms with Crippen LogP contribution in [-0.2, 0) is 0 Å². The summed E-state index contributed by atoms with van der Waals surface area (Å²) in [5.74, 6) is 4.86. The number of benzene rings is 3. The van der Waals surface area contributed by atoms with Gasteiger partial charge in [-0.15, -0.1) is 0 Å². The minimum Gasteiger partial charge on any atom is -0.497 e. The number of anilines is 2. The van der Waals surface area contributed by atoms with Gasteiger partial charge in [0.2, 0.25) is 5.75 Å². The zero-order valence-electron chi connectivity index (χ0n) is 25.5. The largest absolute Gasteiger partial charge is 0.497 e. The molecule has 2 aliphatic rings. The fraction of sp³-hybridized carbons (Fsp3) is 0.176. The topological polar surface area (TPSA) is 108 Å². The number of aromatic nitrogens is 3. The molecule has 11 heteroatoms. The predicted octanol–water partition coefficient (Wildman–Crippen LogP) is 6.41. The lowest BCUT2D eigenvalue weighted by atomic mass is 9.92. The molecule has 1 atom stereocenters. The van der Waals surface area contributed by atoms with Crippen molar-refractivity contribution < 1.29 is 18.9 Å². The maximum atomic E-state index is 5.80. The Kier molecular flexibility index (Phi) is 7.05. The summed E-state index contributed by atoms with van der Waals surface area (Å²) in [4.78, 5) is 17.1. The van der Waals surface area contributed by atoms with Gasteiger partial charge in [-0.1, -0.05) is 18.2 Å². The third-order valence-corrected chi connectivity index (χ3v) is 7.86. The zero-order chi connectivity index (χ0) is 31.1. The number of amidine groups is 2. The molecule has 0 spiro atoms. The smallest absolute Gasteiger partial charge is 0.203 e. The van der Waals surface area contributed by atoms with E-state index in [1.54, 1.807) is 39.3 Å². The maximum absolute atomic E-state index is 5.80. The first-order valence-electron chi connectivity index (χ1n) is 14.3. The SMILES string of the molecule is COc1ccc(NC2=Nc3ccccc3N3C2=Nc2c(c(C)nn2-c2ccccn2)[C@@H]3c2cc(OC)c(OC)c(OC)c2)cc1.